The molecule has 1 fully saturated rings. The van der Waals surface area contributed by atoms with Crippen molar-refractivity contribution in [1.29, 1.82) is 0 Å². The zero-order valence-corrected chi connectivity index (χ0v) is 15.7. The molecule has 27 heavy (non-hydrogen) atoms. The molecule has 1 aliphatic heterocycles. The quantitative estimate of drug-likeness (QED) is 0.846. The van der Waals surface area contributed by atoms with E-state index < -0.39 is 21.9 Å². The van der Waals surface area contributed by atoms with Crippen molar-refractivity contribution in [3.05, 3.63) is 66.0 Å². The lowest BCUT2D eigenvalue weighted by Gasteiger charge is -2.34. The summed E-state index contributed by atoms with van der Waals surface area (Å²) in [4.78, 5) is 14.2. The van der Waals surface area contributed by atoms with Crippen molar-refractivity contribution in [1.82, 2.24) is 9.62 Å². The van der Waals surface area contributed by atoms with Gasteiger partial charge in [0.1, 0.15) is 11.9 Å². The molecule has 2 aromatic carbocycles. The van der Waals surface area contributed by atoms with Crippen LogP contribution in [-0.4, -0.2) is 45.0 Å². The molecule has 6 nitrogen and oxygen atoms in total. The number of carbonyl (C=O) groups excluding carboxylic acids is 1. The molecule has 1 aliphatic rings. The first-order valence-electron chi connectivity index (χ1n) is 8.60. The molecule has 3 rings (SSSR count). The summed E-state index contributed by atoms with van der Waals surface area (Å²) < 4.78 is 45.9. The number of morpholine rings is 1. The van der Waals surface area contributed by atoms with Gasteiger partial charge >= 0.3 is 0 Å². The maximum absolute atomic E-state index is 13.0. The third-order valence-corrected chi connectivity index (χ3v) is 5.93. The van der Waals surface area contributed by atoms with Gasteiger partial charge in [0.15, 0.2) is 0 Å². The van der Waals surface area contributed by atoms with Crippen LogP contribution in [0, 0.1) is 5.82 Å². The third-order valence-electron chi connectivity index (χ3n) is 4.38. The Hall–Kier alpha value is -2.29. The third kappa shape index (κ3) is 4.71. The van der Waals surface area contributed by atoms with Crippen LogP contribution in [-0.2, 0) is 19.6 Å². The number of benzene rings is 2. The van der Waals surface area contributed by atoms with Crippen LogP contribution in [0.1, 0.15) is 18.6 Å². The minimum Gasteiger partial charge on any atom is -0.370 e. The van der Waals surface area contributed by atoms with Gasteiger partial charge in [-0.15, -0.1) is 0 Å². The highest BCUT2D eigenvalue weighted by atomic mass is 32.2. The molecule has 0 radical (unpaired) electrons. The fourth-order valence-electron chi connectivity index (χ4n) is 2.96. The van der Waals surface area contributed by atoms with Crippen LogP contribution >= 0.6 is 0 Å². The first kappa shape index (κ1) is 19.5. The molecule has 1 heterocycles. The molecule has 2 aromatic rings. The fraction of sp³-hybridized carbons (Fsp3) is 0.316. The Kier molecular flexibility index (Phi) is 5.88. The number of nitrogens with zero attached hydrogens (tertiary/aromatic N) is 1. The molecule has 1 unspecified atom stereocenters. The van der Waals surface area contributed by atoms with Crippen LogP contribution in [0.3, 0.4) is 0 Å². The molecule has 2 atom stereocenters. The van der Waals surface area contributed by atoms with Crippen molar-refractivity contribution < 1.29 is 22.3 Å². The van der Waals surface area contributed by atoms with E-state index in [-0.39, 0.29) is 16.9 Å². The zero-order valence-electron chi connectivity index (χ0n) is 14.8. The van der Waals surface area contributed by atoms with Gasteiger partial charge in [0.05, 0.1) is 24.1 Å². The minimum atomic E-state index is -3.92. The number of amides is 1. The highest BCUT2D eigenvalue weighted by molar-refractivity contribution is 7.89. The van der Waals surface area contributed by atoms with E-state index in [0.717, 1.165) is 29.8 Å². The number of ether oxygens (including phenoxy) is 1. The summed E-state index contributed by atoms with van der Waals surface area (Å²) in [7, 11) is -3.92. The second-order valence-electron chi connectivity index (χ2n) is 6.35. The molecule has 0 aromatic heterocycles. The van der Waals surface area contributed by atoms with Crippen molar-refractivity contribution in [3.63, 3.8) is 0 Å². The lowest BCUT2D eigenvalue weighted by molar-refractivity contribution is -0.140. The van der Waals surface area contributed by atoms with E-state index in [4.69, 9.17) is 4.74 Å². The Balaban J connectivity index is 1.67. The van der Waals surface area contributed by atoms with Crippen LogP contribution in [0.2, 0.25) is 0 Å². The van der Waals surface area contributed by atoms with Gasteiger partial charge in [-0.3, -0.25) is 4.79 Å². The maximum Gasteiger partial charge on any atom is 0.241 e. The summed E-state index contributed by atoms with van der Waals surface area (Å²) in [6.45, 7) is 2.62. The van der Waals surface area contributed by atoms with Crippen LogP contribution in [0.4, 0.5) is 4.39 Å². The average Bonchev–Trinajstić information content (AvgIpc) is 2.68. The first-order valence-corrected chi connectivity index (χ1v) is 10.1. The fourth-order valence-corrected chi connectivity index (χ4v) is 4.15. The van der Waals surface area contributed by atoms with Crippen molar-refractivity contribution in [2.45, 2.75) is 24.0 Å². The molecule has 0 spiro atoms. The second-order valence-corrected chi connectivity index (χ2v) is 8.07. The topological polar surface area (TPSA) is 75.7 Å². The maximum atomic E-state index is 13.0. The van der Waals surface area contributed by atoms with E-state index in [1.54, 1.807) is 4.90 Å². The molecule has 144 valence electrons. The summed E-state index contributed by atoms with van der Waals surface area (Å²) in [5.41, 5.74) is 0.967. The van der Waals surface area contributed by atoms with Gasteiger partial charge in [-0.05, 0) is 36.8 Å². The van der Waals surface area contributed by atoms with Crippen molar-refractivity contribution in [2.24, 2.45) is 0 Å². The van der Waals surface area contributed by atoms with E-state index >= 15 is 0 Å². The Morgan fingerprint density at radius 3 is 2.52 bits per heavy atom. The van der Waals surface area contributed by atoms with Crippen LogP contribution in [0.25, 0.3) is 0 Å². The highest BCUT2D eigenvalue weighted by Gasteiger charge is 2.30. The second kappa shape index (κ2) is 8.16. The lowest BCUT2D eigenvalue weighted by atomic mass is 10.1. The summed E-state index contributed by atoms with van der Waals surface area (Å²) >= 11 is 0. The van der Waals surface area contributed by atoms with Crippen LogP contribution in [0.5, 0.6) is 0 Å². The average molecular weight is 392 g/mol. The predicted molar refractivity (Wildman–Crippen MR) is 97.9 cm³/mol. The number of nitrogens with one attached hydrogen (secondary N) is 1. The number of hydrogen-bond acceptors (Lipinski definition) is 4. The zero-order chi connectivity index (χ0) is 19.4. The van der Waals surface area contributed by atoms with Gasteiger partial charge in [0, 0.05) is 6.54 Å². The number of carbonyl (C=O) groups is 1. The van der Waals surface area contributed by atoms with Crippen molar-refractivity contribution in [2.75, 3.05) is 19.7 Å². The van der Waals surface area contributed by atoms with Crippen molar-refractivity contribution in [3.8, 4) is 0 Å². The molecule has 0 bridgehead atoms. The summed E-state index contributed by atoms with van der Waals surface area (Å²) in [6.07, 6.45) is -0.246. The number of halogens is 1. The number of hydrogen-bond donors (Lipinski definition) is 1. The smallest absolute Gasteiger partial charge is 0.241 e. The summed E-state index contributed by atoms with van der Waals surface area (Å²) in [6, 6.07) is 13.1. The van der Waals surface area contributed by atoms with Crippen LogP contribution < -0.4 is 4.72 Å². The SMILES string of the molecule is C[C@H](NS(=O)(=O)c1ccc(F)cc1)C(=O)N1CCOC(c2ccccc2)C1. The molecular formula is C19H21FN2O4S. The standard InChI is InChI=1S/C19H21FN2O4S/c1-14(21-27(24,25)17-9-7-16(20)8-10-17)19(23)22-11-12-26-18(13-22)15-5-3-2-4-6-15/h2-10,14,18,21H,11-13H2,1H3/t14-,18?/m0/s1. The molecule has 0 aliphatic carbocycles. The van der Waals surface area contributed by atoms with Gasteiger partial charge in [0.25, 0.3) is 0 Å². The lowest BCUT2D eigenvalue weighted by Crippen LogP contribution is -2.51. The monoisotopic (exact) mass is 392 g/mol. The summed E-state index contributed by atoms with van der Waals surface area (Å²) in [5, 5.41) is 0. The molecule has 1 saturated heterocycles. The van der Waals surface area contributed by atoms with E-state index in [9.17, 15) is 17.6 Å². The Labute approximate surface area is 158 Å². The van der Waals surface area contributed by atoms with Gasteiger partial charge in [-0.2, -0.15) is 4.72 Å². The molecule has 0 saturated carbocycles. The first-order chi connectivity index (χ1) is 12.9. The number of rotatable bonds is 5. The predicted octanol–water partition coefficient (Wildman–Crippen LogP) is 2.09. The van der Waals surface area contributed by atoms with Crippen molar-refractivity contribution >= 4 is 15.9 Å². The van der Waals surface area contributed by atoms with Gasteiger partial charge in [0.2, 0.25) is 15.9 Å². The van der Waals surface area contributed by atoms with Crippen LogP contribution in [0.15, 0.2) is 59.5 Å². The van der Waals surface area contributed by atoms with E-state index in [0.29, 0.717) is 19.7 Å². The Morgan fingerprint density at radius 2 is 1.85 bits per heavy atom. The van der Waals surface area contributed by atoms with Gasteiger partial charge in [-0.1, -0.05) is 30.3 Å². The molecule has 1 N–H and O–H groups in total. The Bertz CT molecular complexity index is 888. The van der Waals surface area contributed by atoms with Gasteiger partial charge in [-0.25, -0.2) is 12.8 Å². The largest absolute Gasteiger partial charge is 0.370 e. The van der Waals surface area contributed by atoms with E-state index in [2.05, 4.69) is 4.72 Å². The van der Waals surface area contributed by atoms with Gasteiger partial charge < -0.3 is 9.64 Å². The normalized spacial score (nSPS) is 18.9. The molecule has 8 heteroatoms. The van der Waals surface area contributed by atoms with E-state index in [1.807, 2.05) is 30.3 Å². The molecular weight excluding hydrogens is 371 g/mol. The van der Waals surface area contributed by atoms with E-state index in [1.165, 1.54) is 6.92 Å². The number of sulfonamides is 1. The minimum absolute atomic E-state index is 0.0901. The summed E-state index contributed by atoms with van der Waals surface area (Å²) in [5.74, 6) is -0.858. The Morgan fingerprint density at radius 1 is 1.19 bits per heavy atom. The molecule has 1 amide bonds. The highest BCUT2D eigenvalue weighted by Crippen LogP contribution is 2.22.